The lowest BCUT2D eigenvalue weighted by Gasteiger charge is -2.12. The lowest BCUT2D eigenvalue weighted by molar-refractivity contribution is -0.140. The van der Waals surface area contributed by atoms with Crippen LogP contribution in [0.25, 0.3) is 0 Å². The molecule has 0 bridgehead atoms. The summed E-state index contributed by atoms with van der Waals surface area (Å²) in [5, 5.41) is -0.421. The first-order valence-corrected chi connectivity index (χ1v) is 6.00. The fourth-order valence-corrected chi connectivity index (χ4v) is 2.22. The molecule has 0 amide bonds. The number of esters is 1. The van der Waals surface area contributed by atoms with Gasteiger partial charge in [-0.05, 0) is 6.42 Å². The smallest absolute Gasteiger partial charge is 0.321 e. The van der Waals surface area contributed by atoms with Gasteiger partial charge < -0.3 is 4.74 Å². The molecule has 0 aliphatic heterocycles. The maximum Gasteiger partial charge on any atom is 0.321 e. The van der Waals surface area contributed by atoms with Gasteiger partial charge in [-0.3, -0.25) is 9.00 Å². The first kappa shape index (κ1) is 12.6. The molecular weight excluding hydrogens is 188 g/mol. The third kappa shape index (κ3) is 4.41. The molecule has 0 aromatic heterocycles. The van der Waals surface area contributed by atoms with E-state index in [4.69, 9.17) is 0 Å². The summed E-state index contributed by atoms with van der Waals surface area (Å²) in [6, 6.07) is 0. The Labute approximate surface area is 82.3 Å². The van der Waals surface area contributed by atoms with Crippen molar-refractivity contribution in [3.05, 3.63) is 0 Å². The molecular formula is C9H18O3S. The molecule has 4 heteroatoms. The minimum absolute atomic E-state index is 0.339. The van der Waals surface area contributed by atoms with Crippen molar-refractivity contribution in [3.63, 3.8) is 0 Å². The molecule has 0 rings (SSSR count). The van der Waals surface area contributed by atoms with E-state index in [-0.39, 0.29) is 5.97 Å². The topological polar surface area (TPSA) is 43.4 Å². The van der Waals surface area contributed by atoms with E-state index < -0.39 is 16.0 Å². The average molecular weight is 206 g/mol. The lowest BCUT2D eigenvalue weighted by Crippen LogP contribution is -2.28. The summed E-state index contributed by atoms with van der Waals surface area (Å²) in [4.78, 5) is 11.2. The average Bonchev–Trinajstić information content (AvgIpc) is 2.17. The summed E-state index contributed by atoms with van der Waals surface area (Å²) in [7, 11) is 0.271. The van der Waals surface area contributed by atoms with Crippen molar-refractivity contribution in [1.82, 2.24) is 0 Å². The normalized spacial score (nSPS) is 15.0. The van der Waals surface area contributed by atoms with Crippen LogP contribution in [-0.4, -0.2) is 28.3 Å². The van der Waals surface area contributed by atoms with E-state index in [9.17, 15) is 9.00 Å². The van der Waals surface area contributed by atoms with Crippen LogP contribution in [0.5, 0.6) is 0 Å². The van der Waals surface area contributed by atoms with E-state index in [2.05, 4.69) is 4.74 Å². The predicted molar refractivity (Wildman–Crippen MR) is 54.0 cm³/mol. The first-order valence-electron chi connectivity index (χ1n) is 4.62. The highest BCUT2D eigenvalue weighted by Gasteiger charge is 2.23. The zero-order valence-electron chi connectivity index (χ0n) is 8.54. The van der Waals surface area contributed by atoms with E-state index in [0.717, 1.165) is 12.8 Å². The second-order valence-electron chi connectivity index (χ2n) is 2.82. The van der Waals surface area contributed by atoms with E-state index in [1.807, 2.05) is 13.8 Å². The van der Waals surface area contributed by atoms with Crippen molar-refractivity contribution in [1.29, 1.82) is 0 Å². The van der Waals surface area contributed by atoms with E-state index in [0.29, 0.717) is 12.2 Å². The second kappa shape index (κ2) is 7.06. The van der Waals surface area contributed by atoms with Crippen LogP contribution >= 0.6 is 0 Å². The van der Waals surface area contributed by atoms with Crippen LogP contribution in [0.15, 0.2) is 0 Å². The zero-order chi connectivity index (χ0) is 10.3. The van der Waals surface area contributed by atoms with Gasteiger partial charge in [0.05, 0.1) is 7.11 Å². The van der Waals surface area contributed by atoms with Crippen LogP contribution in [0, 0.1) is 0 Å². The van der Waals surface area contributed by atoms with Gasteiger partial charge in [0, 0.05) is 16.6 Å². The molecule has 13 heavy (non-hydrogen) atoms. The predicted octanol–water partition coefficient (Wildman–Crippen LogP) is 1.49. The highest BCUT2D eigenvalue weighted by atomic mass is 32.2. The number of rotatable bonds is 6. The molecule has 0 aromatic rings. The first-order chi connectivity index (χ1) is 6.17. The van der Waals surface area contributed by atoms with Crippen LogP contribution in [0.3, 0.4) is 0 Å². The minimum Gasteiger partial charge on any atom is -0.468 e. The third-order valence-corrected chi connectivity index (χ3v) is 3.52. The van der Waals surface area contributed by atoms with E-state index in [1.165, 1.54) is 7.11 Å². The summed E-state index contributed by atoms with van der Waals surface area (Å²) in [6.45, 7) is 3.86. The maximum absolute atomic E-state index is 11.4. The largest absolute Gasteiger partial charge is 0.468 e. The molecule has 2 atom stereocenters. The van der Waals surface area contributed by atoms with Gasteiger partial charge in [-0.25, -0.2) is 0 Å². The summed E-state index contributed by atoms with van der Waals surface area (Å²) in [5.74, 6) is 0.178. The minimum atomic E-state index is -1.07. The molecule has 0 aromatic carbocycles. The van der Waals surface area contributed by atoms with Crippen LogP contribution in [0.1, 0.15) is 33.1 Å². The number of carbonyl (C=O) groups is 1. The summed E-state index contributed by atoms with van der Waals surface area (Å²) < 4.78 is 16.0. The summed E-state index contributed by atoms with van der Waals surface area (Å²) in [6.07, 6.45) is 2.60. The third-order valence-electron chi connectivity index (χ3n) is 1.89. The van der Waals surface area contributed by atoms with Gasteiger partial charge in [0.15, 0.2) is 0 Å². The van der Waals surface area contributed by atoms with Crippen molar-refractivity contribution in [2.75, 3.05) is 12.9 Å². The van der Waals surface area contributed by atoms with Crippen molar-refractivity contribution in [2.24, 2.45) is 0 Å². The molecule has 78 valence electrons. The molecule has 2 unspecified atom stereocenters. The Hall–Kier alpha value is -0.380. The van der Waals surface area contributed by atoms with Crippen molar-refractivity contribution >= 4 is 16.8 Å². The molecule has 0 saturated carbocycles. The molecule has 0 radical (unpaired) electrons. The quantitative estimate of drug-likeness (QED) is 0.618. The van der Waals surface area contributed by atoms with E-state index in [1.54, 1.807) is 0 Å². The number of methoxy groups -OCH3 is 1. The van der Waals surface area contributed by atoms with Crippen LogP contribution < -0.4 is 0 Å². The molecule has 0 saturated heterocycles. The van der Waals surface area contributed by atoms with E-state index >= 15 is 0 Å². The Morgan fingerprint density at radius 2 is 2.08 bits per heavy atom. The molecule has 0 aliphatic carbocycles. The Balaban J connectivity index is 4.18. The lowest BCUT2D eigenvalue weighted by atomic mass is 10.2. The number of hydrogen-bond donors (Lipinski definition) is 0. The van der Waals surface area contributed by atoms with Crippen LogP contribution in [0.4, 0.5) is 0 Å². The van der Waals surface area contributed by atoms with Gasteiger partial charge in [-0.1, -0.05) is 26.7 Å². The Morgan fingerprint density at radius 3 is 2.46 bits per heavy atom. The number of ether oxygens (including phenoxy) is 1. The summed E-state index contributed by atoms with van der Waals surface area (Å²) in [5.41, 5.74) is 0. The SMILES string of the molecule is CCCCC(C(=O)OC)S(=O)CC. The fraction of sp³-hybridized carbons (Fsp3) is 0.889. The monoisotopic (exact) mass is 206 g/mol. The van der Waals surface area contributed by atoms with Gasteiger partial charge in [0.2, 0.25) is 0 Å². The standard InChI is InChI=1S/C9H18O3S/c1-4-6-7-8(9(10)12-3)13(11)5-2/h8H,4-7H2,1-3H3. The Morgan fingerprint density at radius 1 is 1.46 bits per heavy atom. The van der Waals surface area contributed by atoms with Crippen molar-refractivity contribution < 1.29 is 13.7 Å². The molecule has 0 spiro atoms. The van der Waals surface area contributed by atoms with Gasteiger partial charge >= 0.3 is 5.97 Å². The number of hydrogen-bond acceptors (Lipinski definition) is 3. The maximum atomic E-state index is 11.4. The molecule has 0 N–H and O–H groups in total. The molecule has 3 nitrogen and oxygen atoms in total. The molecule has 0 fully saturated rings. The number of unbranched alkanes of at least 4 members (excludes halogenated alkanes) is 1. The van der Waals surface area contributed by atoms with Crippen molar-refractivity contribution in [3.8, 4) is 0 Å². The Bertz CT molecular complexity index is 164. The summed E-state index contributed by atoms with van der Waals surface area (Å²) >= 11 is 0. The van der Waals surface area contributed by atoms with Crippen LogP contribution in [0.2, 0.25) is 0 Å². The highest BCUT2D eigenvalue weighted by Crippen LogP contribution is 2.09. The van der Waals surface area contributed by atoms with Gasteiger partial charge in [0.25, 0.3) is 0 Å². The van der Waals surface area contributed by atoms with Crippen LogP contribution in [-0.2, 0) is 20.3 Å². The van der Waals surface area contributed by atoms with Gasteiger partial charge in [-0.2, -0.15) is 0 Å². The number of carbonyl (C=O) groups excluding carboxylic acids is 1. The molecule has 0 heterocycles. The zero-order valence-corrected chi connectivity index (χ0v) is 9.36. The second-order valence-corrected chi connectivity index (χ2v) is 4.73. The fourth-order valence-electron chi connectivity index (χ4n) is 1.08. The van der Waals surface area contributed by atoms with Gasteiger partial charge in [-0.15, -0.1) is 0 Å². The molecule has 0 aliphatic rings. The Kier molecular flexibility index (Phi) is 6.86. The van der Waals surface area contributed by atoms with Crippen molar-refractivity contribution in [2.45, 2.75) is 38.4 Å². The van der Waals surface area contributed by atoms with Gasteiger partial charge in [0.1, 0.15) is 5.25 Å². The highest BCUT2D eigenvalue weighted by molar-refractivity contribution is 7.86.